The monoisotopic (exact) mass is 262 g/mol. The Morgan fingerprint density at radius 2 is 2.39 bits per heavy atom. The summed E-state index contributed by atoms with van der Waals surface area (Å²) >= 11 is 1.95. The van der Waals surface area contributed by atoms with Crippen LogP contribution in [0.2, 0.25) is 0 Å². The Labute approximate surface area is 113 Å². The SMILES string of the molecule is CC1c2ccsc2CCN1CC1CC2CCC1N2. The van der Waals surface area contributed by atoms with E-state index in [-0.39, 0.29) is 0 Å². The summed E-state index contributed by atoms with van der Waals surface area (Å²) < 4.78 is 0. The number of hydrogen-bond donors (Lipinski definition) is 1. The van der Waals surface area contributed by atoms with Crippen LogP contribution in [-0.2, 0) is 6.42 Å². The van der Waals surface area contributed by atoms with Crippen molar-refractivity contribution in [2.45, 2.75) is 50.7 Å². The second-order valence-corrected chi connectivity index (χ2v) is 7.26. The predicted molar refractivity (Wildman–Crippen MR) is 76.1 cm³/mol. The van der Waals surface area contributed by atoms with Crippen LogP contribution in [-0.4, -0.2) is 30.1 Å². The molecule has 2 saturated heterocycles. The summed E-state index contributed by atoms with van der Waals surface area (Å²) in [4.78, 5) is 4.35. The molecule has 2 bridgehead atoms. The van der Waals surface area contributed by atoms with Gasteiger partial charge < -0.3 is 5.32 Å². The number of hydrogen-bond acceptors (Lipinski definition) is 3. The van der Waals surface area contributed by atoms with Crippen LogP contribution in [0.3, 0.4) is 0 Å². The van der Waals surface area contributed by atoms with E-state index in [9.17, 15) is 0 Å². The molecule has 2 fully saturated rings. The molecule has 0 aromatic carbocycles. The van der Waals surface area contributed by atoms with Crippen molar-refractivity contribution in [2.75, 3.05) is 13.1 Å². The molecule has 2 nitrogen and oxygen atoms in total. The van der Waals surface area contributed by atoms with Gasteiger partial charge in [0.15, 0.2) is 0 Å². The number of nitrogens with zero attached hydrogens (tertiary/aromatic N) is 1. The first-order chi connectivity index (χ1) is 8.81. The highest BCUT2D eigenvalue weighted by molar-refractivity contribution is 7.10. The lowest BCUT2D eigenvalue weighted by Gasteiger charge is -2.36. The van der Waals surface area contributed by atoms with E-state index >= 15 is 0 Å². The Morgan fingerprint density at radius 1 is 1.44 bits per heavy atom. The zero-order valence-electron chi connectivity index (χ0n) is 11.1. The topological polar surface area (TPSA) is 15.3 Å². The summed E-state index contributed by atoms with van der Waals surface area (Å²) in [6.07, 6.45) is 5.53. The maximum Gasteiger partial charge on any atom is 0.0331 e. The standard InChI is InChI=1S/C15H22N2S/c1-10-13-5-7-18-15(13)4-6-17(10)9-11-8-12-2-3-14(11)16-12/h5,7,10-12,14,16H,2-4,6,8-9H2,1H3. The average Bonchev–Trinajstić information content (AvgIpc) is 3.07. The van der Waals surface area contributed by atoms with Gasteiger partial charge in [-0.3, -0.25) is 4.90 Å². The number of fused-ring (bicyclic) bond motifs is 3. The highest BCUT2D eigenvalue weighted by Crippen LogP contribution is 2.37. The van der Waals surface area contributed by atoms with Crippen molar-refractivity contribution in [2.24, 2.45) is 5.92 Å². The molecule has 1 aromatic rings. The third-order valence-electron chi connectivity index (χ3n) is 5.30. The van der Waals surface area contributed by atoms with Crippen molar-refractivity contribution in [3.8, 4) is 0 Å². The Bertz CT molecular complexity index is 441. The molecular formula is C15H22N2S. The number of rotatable bonds is 2. The van der Waals surface area contributed by atoms with Gasteiger partial charge in [0.25, 0.3) is 0 Å². The normalized spacial score (nSPS) is 39.2. The van der Waals surface area contributed by atoms with Gasteiger partial charge in [-0.05, 0) is 55.5 Å². The van der Waals surface area contributed by atoms with E-state index in [2.05, 4.69) is 28.6 Å². The maximum absolute atomic E-state index is 3.77. The predicted octanol–water partition coefficient (Wildman–Crippen LogP) is 2.81. The van der Waals surface area contributed by atoms with E-state index in [0.717, 1.165) is 18.0 Å². The van der Waals surface area contributed by atoms with Crippen LogP contribution in [0.5, 0.6) is 0 Å². The summed E-state index contributed by atoms with van der Waals surface area (Å²) in [6.45, 7) is 4.97. The van der Waals surface area contributed by atoms with E-state index < -0.39 is 0 Å². The van der Waals surface area contributed by atoms with Crippen molar-refractivity contribution in [3.05, 3.63) is 21.9 Å². The van der Waals surface area contributed by atoms with Gasteiger partial charge in [-0.15, -0.1) is 11.3 Å². The molecule has 0 saturated carbocycles. The molecule has 0 amide bonds. The highest BCUT2D eigenvalue weighted by atomic mass is 32.1. The minimum absolute atomic E-state index is 0.638. The van der Waals surface area contributed by atoms with E-state index in [1.54, 1.807) is 10.4 Å². The van der Waals surface area contributed by atoms with Gasteiger partial charge in [0.1, 0.15) is 0 Å². The first-order valence-corrected chi connectivity index (χ1v) is 8.25. The average molecular weight is 262 g/mol. The van der Waals surface area contributed by atoms with Crippen LogP contribution in [0.25, 0.3) is 0 Å². The van der Waals surface area contributed by atoms with Crippen LogP contribution in [0.4, 0.5) is 0 Å². The molecule has 4 unspecified atom stereocenters. The van der Waals surface area contributed by atoms with Crippen LogP contribution in [0.15, 0.2) is 11.4 Å². The lowest BCUT2D eigenvalue weighted by molar-refractivity contribution is 0.157. The third-order valence-corrected chi connectivity index (χ3v) is 6.30. The molecule has 0 aliphatic carbocycles. The van der Waals surface area contributed by atoms with Crippen molar-refractivity contribution in [1.29, 1.82) is 0 Å². The molecule has 0 spiro atoms. The van der Waals surface area contributed by atoms with Gasteiger partial charge in [0.05, 0.1) is 0 Å². The lowest BCUT2D eigenvalue weighted by Crippen LogP contribution is -2.40. The van der Waals surface area contributed by atoms with Crippen molar-refractivity contribution < 1.29 is 0 Å². The molecule has 3 heteroatoms. The second kappa shape index (κ2) is 4.32. The molecule has 18 heavy (non-hydrogen) atoms. The van der Waals surface area contributed by atoms with Gasteiger partial charge in [-0.2, -0.15) is 0 Å². The van der Waals surface area contributed by atoms with Gasteiger partial charge in [0, 0.05) is 36.1 Å². The summed E-state index contributed by atoms with van der Waals surface area (Å²) in [6, 6.07) is 4.65. The van der Waals surface area contributed by atoms with Crippen molar-refractivity contribution in [3.63, 3.8) is 0 Å². The molecule has 4 atom stereocenters. The highest BCUT2D eigenvalue weighted by Gasteiger charge is 2.40. The van der Waals surface area contributed by atoms with Gasteiger partial charge in [-0.1, -0.05) is 0 Å². The molecule has 3 aliphatic rings. The molecule has 4 heterocycles. The first-order valence-electron chi connectivity index (χ1n) is 7.37. The Hall–Kier alpha value is -0.380. The van der Waals surface area contributed by atoms with Gasteiger partial charge in [-0.25, -0.2) is 0 Å². The third kappa shape index (κ3) is 1.75. The fourth-order valence-electron chi connectivity index (χ4n) is 4.25. The van der Waals surface area contributed by atoms with E-state index in [4.69, 9.17) is 0 Å². The zero-order valence-corrected chi connectivity index (χ0v) is 11.9. The summed E-state index contributed by atoms with van der Waals surface area (Å²) in [5.74, 6) is 0.909. The van der Waals surface area contributed by atoms with E-state index in [1.807, 2.05) is 11.3 Å². The van der Waals surface area contributed by atoms with Gasteiger partial charge >= 0.3 is 0 Å². The number of nitrogens with one attached hydrogen (secondary N) is 1. The second-order valence-electron chi connectivity index (χ2n) is 6.26. The van der Waals surface area contributed by atoms with Crippen molar-refractivity contribution >= 4 is 11.3 Å². The fourth-order valence-corrected chi connectivity index (χ4v) is 5.21. The minimum Gasteiger partial charge on any atom is -0.311 e. The smallest absolute Gasteiger partial charge is 0.0331 e. The van der Waals surface area contributed by atoms with Gasteiger partial charge in [0.2, 0.25) is 0 Å². The number of thiophene rings is 1. The summed E-state index contributed by atoms with van der Waals surface area (Å²) in [7, 11) is 0. The molecular weight excluding hydrogens is 240 g/mol. The molecule has 1 aromatic heterocycles. The summed E-state index contributed by atoms with van der Waals surface area (Å²) in [5.41, 5.74) is 1.60. The molecule has 1 N–H and O–H groups in total. The maximum atomic E-state index is 3.77. The summed E-state index contributed by atoms with van der Waals surface area (Å²) in [5, 5.41) is 6.04. The quantitative estimate of drug-likeness (QED) is 0.881. The Balaban J connectivity index is 1.47. The lowest BCUT2D eigenvalue weighted by atomic mass is 9.87. The van der Waals surface area contributed by atoms with E-state index in [0.29, 0.717) is 6.04 Å². The van der Waals surface area contributed by atoms with Crippen molar-refractivity contribution in [1.82, 2.24) is 10.2 Å². The van der Waals surface area contributed by atoms with Crippen LogP contribution in [0, 0.1) is 5.92 Å². The molecule has 4 rings (SSSR count). The van der Waals surface area contributed by atoms with E-state index in [1.165, 1.54) is 38.8 Å². The molecule has 98 valence electrons. The minimum atomic E-state index is 0.638. The van der Waals surface area contributed by atoms with Crippen LogP contribution in [0.1, 0.15) is 42.7 Å². The first kappa shape index (κ1) is 11.4. The molecule has 3 aliphatic heterocycles. The molecule has 0 radical (unpaired) electrons. The zero-order chi connectivity index (χ0) is 12.1. The Morgan fingerprint density at radius 3 is 3.17 bits per heavy atom. The fraction of sp³-hybridized carbons (Fsp3) is 0.733. The van der Waals surface area contributed by atoms with Crippen LogP contribution < -0.4 is 5.32 Å². The van der Waals surface area contributed by atoms with Crippen LogP contribution >= 0.6 is 11.3 Å². The largest absolute Gasteiger partial charge is 0.311 e. The Kier molecular flexibility index (Phi) is 2.75.